The third kappa shape index (κ3) is 3.14. The molecule has 112 valence electrons. The van der Waals surface area contributed by atoms with E-state index in [4.69, 9.17) is 27.9 Å². The van der Waals surface area contributed by atoms with E-state index in [1.54, 1.807) is 32.0 Å². The van der Waals surface area contributed by atoms with Crippen LogP contribution in [0.5, 0.6) is 5.88 Å². The van der Waals surface area contributed by atoms with Crippen molar-refractivity contribution in [2.45, 2.75) is 20.4 Å². The SMILES string of the molecule is CCOC(=O)c1nn(Cc2c(Cl)cccc2Cl)c(O)c1C. The number of esters is 1. The molecule has 1 heterocycles. The Labute approximate surface area is 132 Å². The first-order valence-corrected chi connectivity index (χ1v) is 7.07. The number of ether oxygens (including phenoxy) is 1. The smallest absolute Gasteiger partial charge is 0.359 e. The largest absolute Gasteiger partial charge is 0.493 e. The molecule has 0 spiro atoms. The Morgan fingerprint density at radius 3 is 2.57 bits per heavy atom. The summed E-state index contributed by atoms with van der Waals surface area (Å²) in [5, 5.41) is 15.1. The first-order chi connectivity index (χ1) is 9.95. The van der Waals surface area contributed by atoms with Gasteiger partial charge in [-0.3, -0.25) is 0 Å². The summed E-state index contributed by atoms with van der Waals surface area (Å²) in [7, 11) is 0. The second kappa shape index (κ2) is 6.37. The Balaban J connectivity index is 2.38. The van der Waals surface area contributed by atoms with Crippen LogP contribution < -0.4 is 0 Å². The van der Waals surface area contributed by atoms with Crippen LogP contribution in [0.1, 0.15) is 28.5 Å². The van der Waals surface area contributed by atoms with E-state index >= 15 is 0 Å². The van der Waals surface area contributed by atoms with Crippen molar-refractivity contribution < 1.29 is 14.6 Å². The van der Waals surface area contributed by atoms with Gasteiger partial charge in [0, 0.05) is 21.2 Å². The van der Waals surface area contributed by atoms with E-state index in [2.05, 4.69) is 5.10 Å². The minimum absolute atomic E-state index is 0.0810. The maximum absolute atomic E-state index is 11.8. The topological polar surface area (TPSA) is 64.3 Å². The number of carbonyl (C=O) groups excluding carboxylic acids is 1. The molecule has 0 aliphatic heterocycles. The summed E-state index contributed by atoms with van der Waals surface area (Å²) < 4.78 is 6.17. The molecule has 2 aromatic rings. The Kier molecular flexibility index (Phi) is 4.75. The second-order valence-corrected chi connectivity index (χ2v) is 5.19. The van der Waals surface area contributed by atoms with Crippen LogP contribution in [-0.2, 0) is 11.3 Å². The molecule has 1 N–H and O–H groups in total. The molecule has 0 aliphatic rings. The van der Waals surface area contributed by atoms with E-state index in [0.29, 0.717) is 21.2 Å². The molecule has 0 aliphatic carbocycles. The average Bonchev–Trinajstić information content (AvgIpc) is 2.71. The summed E-state index contributed by atoms with van der Waals surface area (Å²) >= 11 is 12.2. The third-order valence-corrected chi connectivity index (χ3v) is 3.70. The van der Waals surface area contributed by atoms with Gasteiger partial charge < -0.3 is 9.84 Å². The molecular formula is C14H14Cl2N2O3. The highest BCUT2D eigenvalue weighted by molar-refractivity contribution is 6.35. The summed E-state index contributed by atoms with van der Waals surface area (Å²) in [4.78, 5) is 11.8. The number of carbonyl (C=O) groups is 1. The van der Waals surface area contributed by atoms with Gasteiger partial charge >= 0.3 is 5.97 Å². The van der Waals surface area contributed by atoms with Crippen LogP contribution in [0.2, 0.25) is 10.0 Å². The molecule has 21 heavy (non-hydrogen) atoms. The molecule has 0 amide bonds. The van der Waals surface area contributed by atoms with Gasteiger partial charge in [-0.1, -0.05) is 29.3 Å². The molecule has 1 aromatic carbocycles. The standard InChI is InChI=1S/C14H14Cl2N2O3/c1-3-21-14(20)12-8(2)13(19)18(17-12)7-9-10(15)5-4-6-11(9)16/h4-6,19H,3,7H2,1-2H3. The van der Waals surface area contributed by atoms with Crippen LogP contribution in [0.3, 0.4) is 0 Å². The minimum atomic E-state index is -0.575. The van der Waals surface area contributed by atoms with Crippen molar-refractivity contribution in [1.29, 1.82) is 0 Å². The van der Waals surface area contributed by atoms with Crippen LogP contribution >= 0.6 is 23.2 Å². The van der Waals surface area contributed by atoms with Gasteiger partial charge in [-0.2, -0.15) is 5.10 Å². The lowest BCUT2D eigenvalue weighted by molar-refractivity contribution is 0.0517. The van der Waals surface area contributed by atoms with Crippen LogP contribution in [0.4, 0.5) is 0 Å². The number of hydrogen-bond acceptors (Lipinski definition) is 4. The normalized spacial score (nSPS) is 10.7. The van der Waals surface area contributed by atoms with E-state index in [0.717, 1.165) is 0 Å². The van der Waals surface area contributed by atoms with Crippen LogP contribution in [0.15, 0.2) is 18.2 Å². The summed E-state index contributed by atoms with van der Waals surface area (Å²) in [5.74, 6) is -0.691. The van der Waals surface area contributed by atoms with Crippen LogP contribution in [0.25, 0.3) is 0 Å². The van der Waals surface area contributed by atoms with Crippen molar-refractivity contribution in [3.8, 4) is 5.88 Å². The predicted molar refractivity (Wildman–Crippen MR) is 80.1 cm³/mol. The highest BCUT2D eigenvalue weighted by atomic mass is 35.5. The molecule has 0 saturated heterocycles. The van der Waals surface area contributed by atoms with Crippen LogP contribution in [-0.4, -0.2) is 27.5 Å². The first-order valence-electron chi connectivity index (χ1n) is 6.32. The van der Waals surface area contributed by atoms with Crippen molar-refractivity contribution in [3.05, 3.63) is 45.1 Å². The monoisotopic (exact) mass is 328 g/mol. The maximum atomic E-state index is 11.8. The van der Waals surface area contributed by atoms with E-state index in [-0.39, 0.29) is 24.7 Å². The third-order valence-electron chi connectivity index (χ3n) is 2.99. The van der Waals surface area contributed by atoms with Gasteiger partial charge in [0.15, 0.2) is 5.69 Å². The Morgan fingerprint density at radius 1 is 1.38 bits per heavy atom. The Bertz CT molecular complexity index is 663. The van der Waals surface area contributed by atoms with Crippen LogP contribution in [0, 0.1) is 6.92 Å². The highest BCUT2D eigenvalue weighted by Crippen LogP contribution is 2.28. The molecule has 5 nitrogen and oxygen atoms in total. The number of halogens is 2. The fourth-order valence-corrected chi connectivity index (χ4v) is 2.40. The maximum Gasteiger partial charge on any atom is 0.359 e. The van der Waals surface area contributed by atoms with Gasteiger partial charge in [-0.15, -0.1) is 0 Å². The number of nitrogens with zero attached hydrogens (tertiary/aromatic N) is 2. The second-order valence-electron chi connectivity index (χ2n) is 4.38. The molecule has 0 radical (unpaired) electrons. The van der Waals surface area contributed by atoms with E-state index in [1.165, 1.54) is 4.68 Å². The molecule has 0 bridgehead atoms. The lowest BCUT2D eigenvalue weighted by Crippen LogP contribution is -2.09. The summed E-state index contributed by atoms with van der Waals surface area (Å²) in [6.45, 7) is 3.69. The minimum Gasteiger partial charge on any atom is -0.493 e. The fourth-order valence-electron chi connectivity index (χ4n) is 1.88. The van der Waals surface area contributed by atoms with Crippen molar-refractivity contribution in [2.24, 2.45) is 0 Å². The molecule has 0 fully saturated rings. The van der Waals surface area contributed by atoms with Crippen molar-refractivity contribution in [3.63, 3.8) is 0 Å². The van der Waals surface area contributed by atoms with Gasteiger partial charge in [0.05, 0.1) is 13.2 Å². The van der Waals surface area contributed by atoms with E-state index < -0.39 is 5.97 Å². The Morgan fingerprint density at radius 2 is 2.00 bits per heavy atom. The van der Waals surface area contributed by atoms with E-state index in [1.807, 2.05) is 0 Å². The summed E-state index contributed by atoms with van der Waals surface area (Å²) in [6.07, 6.45) is 0. The molecule has 1 aromatic heterocycles. The van der Waals surface area contributed by atoms with Gasteiger partial charge in [-0.05, 0) is 26.0 Å². The average molecular weight is 329 g/mol. The molecule has 0 unspecified atom stereocenters. The molecule has 0 saturated carbocycles. The number of rotatable bonds is 4. The van der Waals surface area contributed by atoms with Crippen molar-refractivity contribution in [1.82, 2.24) is 9.78 Å². The number of aromatic nitrogens is 2. The fraction of sp³-hybridized carbons (Fsp3) is 0.286. The van der Waals surface area contributed by atoms with Gasteiger partial charge in [0.1, 0.15) is 0 Å². The lowest BCUT2D eigenvalue weighted by atomic mass is 10.2. The van der Waals surface area contributed by atoms with Gasteiger partial charge in [0.25, 0.3) is 0 Å². The lowest BCUT2D eigenvalue weighted by Gasteiger charge is -2.07. The molecule has 2 rings (SSSR count). The highest BCUT2D eigenvalue weighted by Gasteiger charge is 2.21. The summed E-state index contributed by atoms with van der Waals surface area (Å²) in [5.41, 5.74) is 1.06. The molecule has 0 atom stereocenters. The number of hydrogen-bond donors (Lipinski definition) is 1. The van der Waals surface area contributed by atoms with E-state index in [9.17, 15) is 9.90 Å². The Hall–Kier alpha value is -1.72. The molecule has 7 heteroatoms. The van der Waals surface area contributed by atoms with Crippen molar-refractivity contribution >= 4 is 29.2 Å². The number of benzene rings is 1. The van der Waals surface area contributed by atoms with Gasteiger partial charge in [0.2, 0.25) is 5.88 Å². The van der Waals surface area contributed by atoms with Gasteiger partial charge in [-0.25, -0.2) is 9.48 Å². The van der Waals surface area contributed by atoms with Crippen molar-refractivity contribution in [2.75, 3.05) is 6.61 Å². The summed E-state index contributed by atoms with van der Waals surface area (Å²) in [6, 6.07) is 5.12. The predicted octanol–water partition coefficient (Wildman–Crippen LogP) is 3.43. The zero-order valence-electron chi connectivity index (χ0n) is 11.6. The quantitative estimate of drug-likeness (QED) is 0.873. The number of aromatic hydroxyl groups is 1. The zero-order valence-corrected chi connectivity index (χ0v) is 13.1. The molecular weight excluding hydrogens is 315 g/mol. The zero-order chi connectivity index (χ0) is 15.6. The first kappa shape index (κ1) is 15.7.